The van der Waals surface area contributed by atoms with Crippen LogP contribution in [0.3, 0.4) is 0 Å². The van der Waals surface area contributed by atoms with Gasteiger partial charge in [-0.05, 0) is 61.5 Å². The van der Waals surface area contributed by atoms with Crippen molar-refractivity contribution in [3.05, 3.63) is 72.0 Å². The number of hydrogen-bond acceptors (Lipinski definition) is 8. The lowest BCUT2D eigenvalue weighted by Crippen LogP contribution is -2.50. The number of urea groups is 1. The number of fused-ring (bicyclic) bond motifs is 2. The van der Waals surface area contributed by atoms with Crippen LogP contribution in [0.4, 0.5) is 20.6 Å². The van der Waals surface area contributed by atoms with Crippen molar-refractivity contribution in [2.24, 2.45) is 5.92 Å². The van der Waals surface area contributed by atoms with Crippen LogP contribution < -0.4 is 24.8 Å². The van der Waals surface area contributed by atoms with Crippen molar-refractivity contribution in [1.29, 1.82) is 0 Å². The summed E-state index contributed by atoms with van der Waals surface area (Å²) in [7, 11) is -2.57. The highest BCUT2D eigenvalue weighted by Crippen LogP contribution is 2.35. The Morgan fingerprint density at radius 1 is 1.05 bits per heavy atom. The molecular formula is C30H33FN4O8S. The van der Waals surface area contributed by atoms with Gasteiger partial charge in [0.25, 0.3) is 5.91 Å². The minimum atomic E-state index is -3.97. The number of anilines is 2. The van der Waals surface area contributed by atoms with Crippen LogP contribution >= 0.6 is 0 Å². The summed E-state index contributed by atoms with van der Waals surface area (Å²) in [5, 5.41) is 15.3. The number of halogens is 1. The van der Waals surface area contributed by atoms with Gasteiger partial charge in [0.2, 0.25) is 16.8 Å². The second-order valence-electron chi connectivity index (χ2n) is 10.7. The maximum Gasteiger partial charge on any atom is 0.323 e. The zero-order valence-electron chi connectivity index (χ0n) is 24.3. The molecule has 44 heavy (non-hydrogen) atoms. The highest BCUT2D eigenvalue weighted by Gasteiger charge is 2.35. The average Bonchev–Trinajstić information content (AvgIpc) is 3.47. The van der Waals surface area contributed by atoms with Crippen LogP contribution in [0.15, 0.2) is 65.6 Å². The molecule has 0 saturated heterocycles. The van der Waals surface area contributed by atoms with Crippen LogP contribution in [0.25, 0.3) is 0 Å². The molecule has 3 amide bonds. The fourth-order valence-electron chi connectivity index (χ4n) is 4.92. The third-order valence-corrected chi connectivity index (χ3v) is 9.35. The Bertz CT molecular complexity index is 1650. The number of nitrogens with zero attached hydrogens (tertiary/aromatic N) is 2. The van der Waals surface area contributed by atoms with Gasteiger partial charge in [0.1, 0.15) is 17.7 Å². The van der Waals surface area contributed by atoms with Crippen molar-refractivity contribution in [1.82, 2.24) is 9.21 Å². The number of carbonyl (C=O) groups excluding carboxylic acids is 2. The van der Waals surface area contributed by atoms with Gasteiger partial charge in [0, 0.05) is 37.0 Å². The third-order valence-electron chi connectivity index (χ3n) is 7.51. The van der Waals surface area contributed by atoms with Gasteiger partial charge in [-0.3, -0.25) is 4.79 Å². The van der Waals surface area contributed by atoms with Gasteiger partial charge in [0.15, 0.2) is 11.5 Å². The molecule has 0 spiro atoms. The molecule has 0 aliphatic carbocycles. The van der Waals surface area contributed by atoms with Crippen molar-refractivity contribution >= 4 is 33.3 Å². The zero-order chi connectivity index (χ0) is 31.6. The van der Waals surface area contributed by atoms with E-state index < -0.39 is 39.9 Å². The SMILES string of the molecule is C[C@@H]1CN([C@@H](C)CO)C(=O)c2cc(NC(=O)Nc3ccc4c(c3)OCO4)ccc2O[C@@H]1CN(C)S(=O)(=O)c1ccc(F)cc1. The molecule has 3 aromatic carbocycles. The van der Waals surface area contributed by atoms with Gasteiger partial charge in [-0.25, -0.2) is 17.6 Å². The van der Waals surface area contributed by atoms with Crippen molar-refractivity contribution in [2.45, 2.75) is 30.9 Å². The van der Waals surface area contributed by atoms with Crippen molar-refractivity contribution in [2.75, 3.05) is 44.2 Å². The minimum Gasteiger partial charge on any atom is -0.488 e. The maximum atomic E-state index is 13.7. The number of likely N-dealkylation sites (N-methyl/N-ethyl adjacent to an activating group) is 1. The Kier molecular flexibility index (Phi) is 8.95. The summed E-state index contributed by atoms with van der Waals surface area (Å²) >= 11 is 0. The summed E-state index contributed by atoms with van der Waals surface area (Å²) in [4.78, 5) is 27.9. The van der Waals surface area contributed by atoms with E-state index in [0.717, 1.165) is 16.4 Å². The Labute approximate surface area is 254 Å². The van der Waals surface area contributed by atoms with Gasteiger partial charge in [0.05, 0.1) is 29.7 Å². The first-order chi connectivity index (χ1) is 21.0. The molecular weight excluding hydrogens is 595 g/mol. The van der Waals surface area contributed by atoms with E-state index in [1.165, 1.54) is 36.2 Å². The van der Waals surface area contributed by atoms with Crippen LogP contribution in [-0.4, -0.2) is 80.4 Å². The predicted molar refractivity (Wildman–Crippen MR) is 159 cm³/mol. The number of aliphatic hydroxyl groups is 1. The van der Waals surface area contributed by atoms with E-state index >= 15 is 0 Å². The molecule has 12 nitrogen and oxygen atoms in total. The number of rotatable bonds is 8. The molecule has 2 heterocycles. The molecule has 0 aromatic heterocycles. The number of benzene rings is 3. The molecule has 3 atom stereocenters. The highest BCUT2D eigenvalue weighted by molar-refractivity contribution is 7.89. The fourth-order valence-corrected chi connectivity index (χ4v) is 6.11. The van der Waals surface area contributed by atoms with Crippen molar-refractivity contribution < 1.29 is 41.7 Å². The van der Waals surface area contributed by atoms with Gasteiger partial charge in [-0.1, -0.05) is 6.92 Å². The van der Waals surface area contributed by atoms with E-state index in [-0.39, 0.29) is 48.6 Å². The first kappa shape index (κ1) is 31.0. The van der Waals surface area contributed by atoms with Gasteiger partial charge in [-0.2, -0.15) is 4.31 Å². The smallest absolute Gasteiger partial charge is 0.323 e. The van der Waals surface area contributed by atoms with Crippen LogP contribution in [-0.2, 0) is 10.0 Å². The maximum absolute atomic E-state index is 13.7. The molecule has 2 aliphatic rings. The number of hydrogen-bond donors (Lipinski definition) is 3. The van der Waals surface area contributed by atoms with E-state index in [2.05, 4.69) is 10.6 Å². The van der Waals surface area contributed by atoms with Gasteiger partial charge in [-0.15, -0.1) is 0 Å². The number of nitrogens with one attached hydrogen (secondary N) is 2. The quantitative estimate of drug-likeness (QED) is 0.342. The number of carbonyl (C=O) groups is 2. The number of amides is 3. The van der Waals surface area contributed by atoms with Crippen molar-refractivity contribution in [3.63, 3.8) is 0 Å². The van der Waals surface area contributed by atoms with Crippen LogP contribution in [0.2, 0.25) is 0 Å². The molecule has 0 unspecified atom stereocenters. The molecule has 2 aliphatic heterocycles. The standard InChI is InChI=1S/C30H33FN4O8S/c1-18-14-35(19(2)16-36)29(37)24-12-21(32-30(38)33-22-7-11-26-27(13-22)42-17-41-26)6-10-25(24)43-28(18)15-34(3)44(39,40)23-8-4-20(31)5-9-23/h4-13,18-19,28,36H,14-17H2,1-3H3,(H2,32,33,38)/t18-,19+,28-/m1/s1. The molecule has 0 radical (unpaired) electrons. The van der Waals surface area contributed by atoms with E-state index in [9.17, 15) is 27.5 Å². The second kappa shape index (κ2) is 12.7. The Hall–Kier alpha value is -4.40. The largest absolute Gasteiger partial charge is 0.488 e. The molecule has 5 rings (SSSR count). The lowest BCUT2D eigenvalue weighted by atomic mass is 9.99. The number of ether oxygens (including phenoxy) is 3. The third kappa shape index (κ3) is 6.56. The zero-order valence-corrected chi connectivity index (χ0v) is 25.1. The normalized spacial score (nSPS) is 18.6. The first-order valence-corrected chi connectivity index (χ1v) is 15.3. The Balaban J connectivity index is 1.38. The van der Waals surface area contributed by atoms with E-state index in [4.69, 9.17) is 14.2 Å². The lowest BCUT2D eigenvalue weighted by molar-refractivity contribution is 0.0387. The summed E-state index contributed by atoms with van der Waals surface area (Å²) < 4.78 is 57.9. The van der Waals surface area contributed by atoms with Crippen LogP contribution in [0.5, 0.6) is 17.2 Å². The summed E-state index contributed by atoms with van der Waals surface area (Å²) in [5.74, 6) is -0.0521. The first-order valence-electron chi connectivity index (χ1n) is 13.9. The van der Waals surface area contributed by atoms with E-state index in [1.54, 1.807) is 31.2 Å². The molecule has 0 saturated carbocycles. The fraction of sp³-hybridized carbons (Fsp3) is 0.333. The molecule has 0 fully saturated rings. The van der Waals surface area contributed by atoms with Crippen LogP contribution in [0, 0.1) is 11.7 Å². The second-order valence-corrected chi connectivity index (χ2v) is 12.8. The van der Waals surface area contributed by atoms with E-state index in [0.29, 0.717) is 22.9 Å². The highest BCUT2D eigenvalue weighted by atomic mass is 32.2. The predicted octanol–water partition coefficient (Wildman–Crippen LogP) is 3.74. The number of aliphatic hydroxyl groups excluding tert-OH is 1. The monoisotopic (exact) mass is 628 g/mol. The molecule has 3 N–H and O–H groups in total. The molecule has 3 aromatic rings. The Morgan fingerprint density at radius 2 is 1.68 bits per heavy atom. The summed E-state index contributed by atoms with van der Waals surface area (Å²) in [6.07, 6.45) is -0.705. The van der Waals surface area contributed by atoms with E-state index in [1.807, 2.05) is 6.92 Å². The molecule has 0 bridgehead atoms. The summed E-state index contributed by atoms with van der Waals surface area (Å²) in [6.45, 7) is 3.42. The Morgan fingerprint density at radius 3 is 2.36 bits per heavy atom. The van der Waals surface area contributed by atoms with Crippen molar-refractivity contribution in [3.8, 4) is 17.2 Å². The molecule has 14 heteroatoms. The summed E-state index contributed by atoms with van der Waals surface area (Å²) in [6, 6.07) is 13.0. The average molecular weight is 629 g/mol. The van der Waals surface area contributed by atoms with Crippen LogP contribution in [0.1, 0.15) is 24.2 Å². The molecule has 234 valence electrons. The number of sulfonamides is 1. The minimum absolute atomic E-state index is 0.0688. The summed E-state index contributed by atoms with van der Waals surface area (Å²) in [5.41, 5.74) is 0.903. The van der Waals surface area contributed by atoms with Gasteiger partial charge >= 0.3 is 6.03 Å². The lowest BCUT2D eigenvalue weighted by Gasteiger charge is -2.38. The van der Waals surface area contributed by atoms with Gasteiger partial charge < -0.3 is 34.9 Å². The topological polar surface area (TPSA) is 147 Å².